The van der Waals surface area contributed by atoms with E-state index in [4.69, 9.17) is 4.74 Å². The fourth-order valence-corrected chi connectivity index (χ4v) is 6.12. The Labute approximate surface area is 158 Å². The number of aromatic nitrogens is 1. The molecule has 4 heterocycles. The highest BCUT2D eigenvalue weighted by Crippen LogP contribution is 2.38. The molecule has 0 radical (unpaired) electrons. The largest absolute Gasteiger partial charge is 0.462 e. The third-order valence-corrected chi connectivity index (χ3v) is 7.39. The minimum Gasteiger partial charge on any atom is -0.462 e. The predicted octanol–water partition coefficient (Wildman–Crippen LogP) is 4.17. The van der Waals surface area contributed by atoms with Crippen molar-refractivity contribution in [2.75, 3.05) is 25.4 Å². The average Bonchev–Trinajstić information content (AvgIpc) is 3.26. The number of esters is 1. The maximum atomic E-state index is 12.9. The van der Waals surface area contributed by atoms with Crippen LogP contribution in [-0.2, 0) is 11.3 Å². The van der Waals surface area contributed by atoms with Gasteiger partial charge < -0.3 is 14.2 Å². The molecule has 4 nitrogen and oxygen atoms in total. The van der Waals surface area contributed by atoms with E-state index in [1.807, 2.05) is 12.1 Å². The van der Waals surface area contributed by atoms with Crippen molar-refractivity contribution >= 4 is 28.6 Å². The molecule has 1 aromatic heterocycles. The summed E-state index contributed by atoms with van der Waals surface area (Å²) >= 11 is 1.78. The Bertz CT molecular complexity index is 831. The number of hydrogen-bond acceptors (Lipinski definition) is 4. The number of carbonyl (C=O) groups is 1. The summed E-state index contributed by atoms with van der Waals surface area (Å²) in [5.74, 6) is 1.43. The number of piperidine rings is 2. The minimum absolute atomic E-state index is 0.129. The minimum atomic E-state index is -0.129. The molecule has 2 aromatic rings. The maximum absolute atomic E-state index is 12.9. The lowest BCUT2D eigenvalue weighted by Crippen LogP contribution is -2.46. The summed E-state index contributed by atoms with van der Waals surface area (Å²) in [5.41, 5.74) is 1.95. The number of hydrogen-bond donors (Lipinski definition) is 0. The lowest BCUT2D eigenvalue weighted by Gasteiger charge is -2.42. The van der Waals surface area contributed by atoms with E-state index in [2.05, 4.69) is 21.6 Å². The van der Waals surface area contributed by atoms with E-state index < -0.39 is 0 Å². The number of thioether (sulfide) groups is 1. The van der Waals surface area contributed by atoms with Gasteiger partial charge in [-0.3, -0.25) is 0 Å². The van der Waals surface area contributed by atoms with Gasteiger partial charge in [-0.05, 0) is 50.8 Å². The second-order valence-corrected chi connectivity index (χ2v) is 8.96. The SMILES string of the molecule is O=C(OCC1CCN2CCCCC2C1)c1c2n(c3ccccc13)CCS2. The first-order valence-electron chi connectivity index (χ1n) is 9.96. The van der Waals surface area contributed by atoms with Crippen LogP contribution in [-0.4, -0.2) is 46.9 Å². The van der Waals surface area contributed by atoms with Crippen LogP contribution in [0.2, 0.25) is 0 Å². The third kappa shape index (κ3) is 2.85. The predicted molar refractivity (Wildman–Crippen MR) is 105 cm³/mol. The molecule has 2 atom stereocenters. The first kappa shape index (κ1) is 16.7. The highest BCUT2D eigenvalue weighted by molar-refractivity contribution is 7.99. The molecule has 0 bridgehead atoms. The molecule has 0 aliphatic carbocycles. The molecule has 0 amide bonds. The maximum Gasteiger partial charge on any atom is 0.341 e. The molecule has 1 aromatic carbocycles. The zero-order chi connectivity index (χ0) is 17.5. The number of aryl methyl sites for hydroxylation is 1. The second-order valence-electron chi connectivity index (χ2n) is 7.87. The molecule has 2 saturated heterocycles. The summed E-state index contributed by atoms with van der Waals surface area (Å²) in [6.07, 6.45) is 6.37. The van der Waals surface area contributed by atoms with Crippen molar-refractivity contribution in [3.05, 3.63) is 29.8 Å². The van der Waals surface area contributed by atoms with Crippen LogP contribution in [0.1, 0.15) is 42.5 Å². The number of fused-ring (bicyclic) bond motifs is 4. The Morgan fingerprint density at radius 1 is 1.15 bits per heavy atom. The molecule has 5 heteroatoms. The van der Waals surface area contributed by atoms with Crippen molar-refractivity contribution in [3.63, 3.8) is 0 Å². The molecule has 3 aliphatic heterocycles. The van der Waals surface area contributed by atoms with E-state index in [-0.39, 0.29) is 5.97 Å². The van der Waals surface area contributed by atoms with Crippen LogP contribution >= 0.6 is 11.8 Å². The quantitative estimate of drug-likeness (QED) is 0.760. The van der Waals surface area contributed by atoms with Gasteiger partial charge in [-0.15, -0.1) is 11.8 Å². The van der Waals surface area contributed by atoms with E-state index in [0.29, 0.717) is 12.5 Å². The van der Waals surface area contributed by atoms with Gasteiger partial charge in [0.15, 0.2) is 0 Å². The summed E-state index contributed by atoms with van der Waals surface area (Å²) in [6, 6.07) is 8.94. The van der Waals surface area contributed by atoms with Gasteiger partial charge in [0.2, 0.25) is 0 Å². The number of rotatable bonds is 3. The summed E-state index contributed by atoms with van der Waals surface area (Å²) in [6.45, 7) is 3.99. The van der Waals surface area contributed by atoms with Crippen LogP contribution in [0.5, 0.6) is 0 Å². The van der Waals surface area contributed by atoms with Gasteiger partial charge in [-0.1, -0.05) is 24.6 Å². The van der Waals surface area contributed by atoms with E-state index in [1.54, 1.807) is 11.8 Å². The Kier molecular flexibility index (Phi) is 4.45. The lowest BCUT2D eigenvalue weighted by molar-refractivity contribution is 0.0232. The van der Waals surface area contributed by atoms with E-state index >= 15 is 0 Å². The number of nitrogens with zero attached hydrogens (tertiary/aromatic N) is 2. The van der Waals surface area contributed by atoms with Gasteiger partial charge >= 0.3 is 5.97 Å². The van der Waals surface area contributed by atoms with Crippen molar-refractivity contribution in [2.45, 2.75) is 49.7 Å². The van der Waals surface area contributed by atoms with Crippen molar-refractivity contribution in [3.8, 4) is 0 Å². The molecule has 2 fully saturated rings. The van der Waals surface area contributed by atoms with Crippen LogP contribution in [0.25, 0.3) is 10.9 Å². The molecule has 0 spiro atoms. The fraction of sp³-hybridized carbons (Fsp3) is 0.571. The highest BCUT2D eigenvalue weighted by Gasteiger charge is 2.32. The van der Waals surface area contributed by atoms with Crippen LogP contribution in [0.15, 0.2) is 29.3 Å². The second kappa shape index (κ2) is 6.93. The van der Waals surface area contributed by atoms with Crippen LogP contribution in [0.4, 0.5) is 0 Å². The Balaban J connectivity index is 1.30. The first-order valence-corrected chi connectivity index (χ1v) is 10.9. The Morgan fingerprint density at radius 2 is 2.08 bits per heavy atom. The van der Waals surface area contributed by atoms with E-state index in [0.717, 1.165) is 46.3 Å². The molecular weight excluding hydrogens is 344 g/mol. The number of para-hydroxylation sites is 1. The van der Waals surface area contributed by atoms with Gasteiger partial charge in [0.05, 0.1) is 17.2 Å². The molecule has 3 aliphatic rings. The van der Waals surface area contributed by atoms with Crippen LogP contribution in [0, 0.1) is 5.92 Å². The van der Waals surface area contributed by atoms with Crippen molar-refractivity contribution in [1.29, 1.82) is 0 Å². The smallest absolute Gasteiger partial charge is 0.341 e. The van der Waals surface area contributed by atoms with E-state index in [9.17, 15) is 4.79 Å². The van der Waals surface area contributed by atoms with Gasteiger partial charge in [0, 0.05) is 29.2 Å². The first-order chi connectivity index (χ1) is 12.8. The lowest BCUT2D eigenvalue weighted by atomic mass is 9.86. The van der Waals surface area contributed by atoms with Crippen molar-refractivity contribution in [2.24, 2.45) is 5.92 Å². The van der Waals surface area contributed by atoms with Gasteiger partial charge in [-0.25, -0.2) is 4.79 Å². The zero-order valence-corrected chi connectivity index (χ0v) is 16.0. The van der Waals surface area contributed by atoms with Crippen molar-refractivity contribution in [1.82, 2.24) is 9.47 Å². The third-order valence-electron chi connectivity index (χ3n) is 6.31. The van der Waals surface area contributed by atoms with E-state index in [1.165, 1.54) is 38.8 Å². The fourth-order valence-electron chi connectivity index (χ4n) is 4.97. The Morgan fingerprint density at radius 3 is 3.04 bits per heavy atom. The number of ether oxygens (including phenoxy) is 1. The molecule has 5 rings (SSSR count). The zero-order valence-electron chi connectivity index (χ0n) is 15.2. The number of benzene rings is 1. The van der Waals surface area contributed by atoms with Crippen LogP contribution in [0.3, 0.4) is 0 Å². The van der Waals surface area contributed by atoms with Crippen LogP contribution < -0.4 is 0 Å². The van der Waals surface area contributed by atoms with Gasteiger partial charge in [-0.2, -0.15) is 0 Å². The number of carbonyl (C=O) groups excluding carboxylic acids is 1. The molecule has 0 saturated carbocycles. The Hall–Kier alpha value is -1.46. The van der Waals surface area contributed by atoms with Gasteiger partial charge in [0.1, 0.15) is 0 Å². The normalized spacial score (nSPS) is 25.8. The standard InChI is InChI=1S/C21H26N2O2S/c24-21(25-14-15-8-10-22-9-4-3-5-16(22)13-15)19-17-6-1-2-7-18(17)23-11-12-26-20(19)23/h1-2,6-7,15-16H,3-5,8-14H2. The topological polar surface area (TPSA) is 34.5 Å². The summed E-state index contributed by atoms with van der Waals surface area (Å²) in [7, 11) is 0. The summed E-state index contributed by atoms with van der Waals surface area (Å²) in [5, 5.41) is 2.14. The van der Waals surface area contributed by atoms with Crippen molar-refractivity contribution < 1.29 is 9.53 Å². The monoisotopic (exact) mass is 370 g/mol. The molecule has 138 valence electrons. The highest BCUT2D eigenvalue weighted by atomic mass is 32.2. The molecular formula is C21H26N2O2S. The molecule has 0 N–H and O–H groups in total. The molecule has 2 unspecified atom stereocenters. The van der Waals surface area contributed by atoms with Gasteiger partial charge in [0.25, 0.3) is 0 Å². The molecule has 26 heavy (non-hydrogen) atoms. The summed E-state index contributed by atoms with van der Waals surface area (Å²) in [4.78, 5) is 15.6. The average molecular weight is 371 g/mol. The summed E-state index contributed by atoms with van der Waals surface area (Å²) < 4.78 is 8.13.